The van der Waals surface area contributed by atoms with Crippen LogP contribution in [0, 0.1) is 6.92 Å². The highest BCUT2D eigenvalue weighted by atomic mass is 32.2. The zero-order valence-corrected chi connectivity index (χ0v) is 19.7. The Bertz CT molecular complexity index is 1260. The van der Waals surface area contributed by atoms with E-state index in [9.17, 15) is 9.59 Å². The largest absolute Gasteiger partial charge is 0.489 e. The van der Waals surface area contributed by atoms with Gasteiger partial charge in [-0.15, -0.1) is 0 Å². The third-order valence-electron chi connectivity index (χ3n) is 5.21. The lowest BCUT2D eigenvalue weighted by Gasteiger charge is -2.12. The SMILES string of the molecule is CCN1C(=O)/C(=C/c2ccc(OCc3cccc(C)c3)cc2)SC1=Nc1ccc(C(=O)O)cc1. The van der Waals surface area contributed by atoms with Crippen LogP contribution in [-0.4, -0.2) is 33.6 Å². The number of aryl methyl sites for hydroxylation is 1. The third-order valence-corrected chi connectivity index (χ3v) is 6.22. The zero-order chi connectivity index (χ0) is 24.1. The van der Waals surface area contributed by atoms with Crippen LogP contribution in [0.4, 0.5) is 5.69 Å². The normalized spacial score (nSPS) is 15.8. The monoisotopic (exact) mass is 472 g/mol. The van der Waals surface area contributed by atoms with E-state index in [1.807, 2.05) is 49.4 Å². The highest BCUT2D eigenvalue weighted by molar-refractivity contribution is 8.18. The molecule has 1 fully saturated rings. The Morgan fingerprint density at radius 3 is 2.47 bits per heavy atom. The summed E-state index contributed by atoms with van der Waals surface area (Å²) in [6, 6.07) is 22.1. The molecule has 0 aromatic heterocycles. The van der Waals surface area contributed by atoms with Gasteiger partial charge in [-0.25, -0.2) is 9.79 Å². The molecule has 1 saturated heterocycles. The molecule has 3 aromatic carbocycles. The van der Waals surface area contributed by atoms with E-state index in [0.29, 0.717) is 28.9 Å². The molecule has 1 N–H and O–H groups in total. The average molecular weight is 473 g/mol. The number of aliphatic imine (C=N–C) groups is 1. The summed E-state index contributed by atoms with van der Waals surface area (Å²) in [6.07, 6.45) is 1.84. The molecule has 3 aromatic rings. The molecule has 172 valence electrons. The predicted octanol–water partition coefficient (Wildman–Crippen LogP) is 5.90. The Morgan fingerprint density at radius 1 is 1.09 bits per heavy atom. The second-order valence-corrected chi connectivity index (χ2v) is 8.76. The van der Waals surface area contributed by atoms with Gasteiger partial charge in [-0.2, -0.15) is 0 Å². The molecular weight excluding hydrogens is 448 g/mol. The van der Waals surface area contributed by atoms with Crippen LogP contribution in [0.3, 0.4) is 0 Å². The first-order valence-corrected chi connectivity index (χ1v) is 11.7. The summed E-state index contributed by atoms with van der Waals surface area (Å²) >= 11 is 1.30. The summed E-state index contributed by atoms with van der Waals surface area (Å²) in [5.41, 5.74) is 3.99. The fraction of sp³-hybridized carbons (Fsp3) is 0.148. The first-order chi connectivity index (χ1) is 16.4. The highest BCUT2D eigenvalue weighted by Crippen LogP contribution is 2.34. The molecule has 34 heavy (non-hydrogen) atoms. The van der Waals surface area contributed by atoms with E-state index in [1.54, 1.807) is 17.0 Å². The second-order valence-electron chi connectivity index (χ2n) is 7.75. The highest BCUT2D eigenvalue weighted by Gasteiger charge is 2.32. The summed E-state index contributed by atoms with van der Waals surface area (Å²) in [5.74, 6) is -0.332. The number of amides is 1. The van der Waals surface area contributed by atoms with Crippen LogP contribution in [-0.2, 0) is 11.4 Å². The van der Waals surface area contributed by atoms with Gasteiger partial charge in [0.15, 0.2) is 5.17 Å². The Balaban J connectivity index is 1.46. The van der Waals surface area contributed by atoms with Crippen LogP contribution >= 0.6 is 11.8 Å². The van der Waals surface area contributed by atoms with E-state index in [1.165, 1.54) is 29.5 Å². The number of amidine groups is 1. The van der Waals surface area contributed by atoms with Crippen molar-refractivity contribution in [2.24, 2.45) is 4.99 Å². The molecule has 0 spiro atoms. The fourth-order valence-corrected chi connectivity index (χ4v) is 4.50. The van der Waals surface area contributed by atoms with Crippen LogP contribution in [0.1, 0.15) is 34.0 Å². The maximum atomic E-state index is 12.9. The van der Waals surface area contributed by atoms with Crippen molar-refractivity contribution in [1.82, 2.24) is 4.90 Å². The topological polar surface area (TPSA) is 79.2 Å². The van der Waals surface area contributed by atoms with E-state index in [0.717, 1.165) is 16.9 Å². The lowest BCUT2D eigenvalue weighted by atomic mass is 10.1. The molecule has 1 heterocycles. The van der Waals surface area contributed by atoms with Crippen LogP contribution in [0.25, 0.3) is 6.08 Å². The van der Waals surface area contributed by atoms with E-state index < -0.39 is 5.97 Å². The molecular formula is C27H24N2O4S. The van der Waals surface area contributed by atoms with Crippen molar-refractivity contribution in [3.05, 3.63) is 100.0 Å². The molecule has 0 bridgehead atoms. The van der Waals surface area contributed by atoms with Crippen LogP contribution in [0.2, 0.25) is 0 Å². The van der Waals surface area contributed by atoms with Gasteiger partial charge in [0.2, 0.25) is 0 Å². The number of ether oxygens (including phenoxy) is 1. The fourth-order valence-electron chi connectivity index (χ4n) is 3.44. The number of nitrogens with zero attached hydrogens (tertiary/aromatic N) is 2. The van der Waals surface area contributed by atoms with Crippen molar-refractivity contribution < 1.29 is 19.4 Å². The maximum absolute atomic E-state index is 12.9. The van der Waals surface area contributed by atoms with Crippen molar-refractivity contribution in [1.29, 1.82) is 0 Å². The maximum Gasteiger partial charge on any atom is 0.335 e. The summed E-state index contributed by atoms with van der Waals surface area (Å²) < 4.78 is 5.88. The number of carbonyl (C=O) groups is 2. The molecule has 0 atom stereocenters. The minimum Gasteiger partial charge on any atom is -0.489 e. The van der Waals surface area contributed by atoms with Crippen LogP contribution < -0.4 is 4.74 Å². The van der Waals surface area contributed by atoms with Gasteiger partial charge < -0.3 is 9.84 Å². The Kier molecular flexibility index (Phi) is 7.13. The molecule has 1 aliphatic rings. The molecule has 7 heteroatoms. The number of carbonyl (C=O) groups excluding carboxylic acids is 1. The standard InChI is InChI=1S/C27H24N2O4S/c1-3-29-25(30)24(34-27(29)28-22-11-9-21(10-12-22)26(31)32)16-19-7-13-23(14-8-19)33-17-20-6-4-5-18(2)15-20/h4-16H,3,17H2,1-2H3,(H,31,32)/b24-16-,28-27?. The zero-order valence-electron chi connectivity index (χ0n) is 18.9. The minimum absolute atomic E-state index is 0.104. The van der Waals surface area contributed by atoms with E-state index in [2.05, 4.69) is 24.0 Å². The lowest BCUT2D eigenvalue weighted by molar-refractivity contribution is -0.122. The molecule has 0 aliphatic carbocycles. The van der Waals surface area contributed by atoms with Crippen LogP contribution in [0.5, 0.6) is 5.75 Å². The molecule has 6 nitrogen and oxygen atoms in total. The van der Waals surface area contributed by atoms with E-state index in [-0.39, 0.29) is 11.5 Å². The van der Waals surface area contributed by atoms with Crippen molar-refractivity contribution in [3.8, 4) is 5.75 Å². The van der Waals surface area contributed by atoms with E-state index >= 15 is 0 Å². The number of carboxylic acids is 1. The molecule has 0 saturated carbocycles. The molecule has 0 unspecified atom stereocenters. The number of benzene rings is 3. The first kappa shape index (κ1) is 23.3. The van der Waals surface area contributed by atoms with Gasteiger partial charge in [-0.3, -0.25) is 9.69 Å². The van der Waals surface area contributed by atoms with Crippen molar-refractivity contribution >= 4 is 40.6 Å². The number of carboxylic acid groups (broad SMARTS) is 1. The number of thioether (sulfide) groups is 1. The van der Waals surface area contributed by atoms with Gasteiger partial charge in [0.05, 0.1) is 16.2 Å². The molecule has 0 radical (unpaired) electrons. The van der Waals surface area contributed by atoms with Crippen molar-refractivity contribution in [2.75, 3.05) is 6.54 Å². The summed E-state index contributed by atoms with van der Waals surface area (Å²) in [7, 11) is 0. The predicted molar refractivity (Wildman–Crippen MR) is 135 cm³/mol. The Morgan fingerprint density at radius 2 is 1.82 bits per heavy atom. The van der Waals surface area contributed by atoms with Gasteiger partial charge in [0.1, 0.15) is 12.4 Å². The van der Waals surface area contributed by atoms with Crippen molar-refractivity contribution in [2.45, 2.75) is 20.5 Å². The number of aromatic carboxylic acids is 1. The average Bonchev–Trinajstić information content (AvgIpc) is 3.12. The quantitative estimate of drug-likeness (QED) is 0.433. The number of likely N-dealkylation sites (N-methyl/N-ethyl adjacent to an activating group) is 1. The van der Waals surface area contributed by atoms with Gasteiger partial charge in [0, 0.05) is 6.54 Å². The van der Waals surface area contributed by atoms with Gasteiger partial charge in [0.25, 0.3) is 5.91 Å². The molecule has 1 amide bonds. The van der Waals surface area contributed by atoms with E-state index in [4.69, 9.17) is 9.84 Å². The summed E-state index contributed by atoms with van der Waals surface area (Å²) in [5, 5.41) is 9.62. The summed E-state index contributed by atoms with van der Waals surface area (Å²) in [6.45, 7) is 4.93. The lowest BCUT2D eigenvalue weighted by Crippen LogP contribution is -2.28. The van der Waals surface area contributed by atoms with Crippen LogP contribution in [0.15, 0.2) is 82.7 Å². The molecule has 4 rings (SSSR count). The Hall–Kier alpha value is -3.84. The van der Waals surface area contributed by atoms with Gasteiger partial charge in [-0.1, -0.05) is 42.0 Å². The van der Waals surface area contributed by atoms with Crippen molar-refractivity contribution in [3.63, 3.8) is 0 Å². The Labute approximate surface area is 202 Å². The summed E-state index contributed by atoms with van der Waals surface area (Å²) in [4.78, 5) is 30.7. The smallest absolute Gasteiger partial charge is 0.335 e. The van der Waals surface area contributed by atoms with Gasteiger partial charge in [-0.05, 0) is 79.2 Å². The third kappa shape index (κ3) is 5.55. The second kappa shape index (κ2) is 10.4. The molecule has 1 aliphatic heterocycles. The first-order valence-electron chi connectivity index (χ1n) is 10.8. The number of hydrogen-bond donors (Lipinski definition) is 1. The van der Waals surface area contributed by atoms with Gasteiger partial charge >= 0.3 is 5.97 Å². The number of rotatable bonds is 7. The number of hydrogen-bond acceptors (Lipinski definition) is 5. The minimum atomic E-state index is -0.989.